The number of piperidine rings is 1. The lowest BCUT2D eigenvalue weighted by Crippen LogP contribution is -2.37. The van der Waals surface area contributed by atoms with Crippen LogP contribution in [0.3, 0.4) is 0 Å². The molecule has 1 atom stereocenters. The lowest BCUT2D eigenvalue weighted by atomic mass is 10.1. The summed E-state index contributed by atoms with van der Waals surface area (Å²) < 4.78 is 6.55. The van der Waals surface area contributed by atoms with Crippen LogP contribution in [0.15, 0.2) is 22.9 Å². The fraction of sp³-hybridized carbons (Fsp3) is 0.583. The van der Waals surface area contributed by atoms with Gasteiger partial charge >= 0.3 is 0 Å². The molecule has 0 bridgehead atoms. The van der Waals surface area contributed by atoms with Gasteiger partial charge in [0.15, 0.2) is 0 Å². The summed E-state index contributed by atoms with van der Waals surface area (Å²) >= 11 is 3.31. The zero-order valence-electron chi connectivity index (χ0n) is 9.29. The first-order valence-corrected chi connectivity index (χ1v) is 6.55. The summed E-state index contributed by atoms with van der Waals surface area (Å²) in [6.45, 7) is 2.59. The molecule has 0 radical (unpaired) electrons. The van der Waals surface area contributed by atoms with Crippen LogP contribution in [-0.2, 0) is 11.3 Å². The van der Waals surface area contributed by atoms with Crippen LogP contribution in [0.2, 0.25) is 0 Å². The third-order valence-electron chi connectivity index (χ3n) is 2.79. The molecule has 1 unspecified atom stereocenters. The summed E-state index contributed by atoms with van der Waals surface area (Å²) in [6.07, 6.45) is 5.70. The lowest BCUT2D eigenvalue weighted by Gasteiger charge is -2.23. The molecular formula is C12H17BrN2O. The average molecular weight is 285 g/mol. The van der Waals surface area contributed by atoms with Gasteiger partial charge in [-0.3, -0.25) is 0 Å². The Kier molecular flexibility index (Phi) is 4.75. The monoisotopic (exact) mass is 284 g/mol. The highest BCUT2D eigenvalue weighted by Gasteiger charge is 2.11. The molecule has 0 amide bonds. The van der Waals surface area contributed by atoms with Crippen LogP contribution in [0.1, 0.15) is 24.8 Å². The standard InChI is InChI=1S/C12H17BrN2O/c13-12-5-4-10(7-15-12)8-16-9-11-3-1-2-6-14-11/h4-5,7,11,14H,1-3,6,8-9H2. The van der Waals surface area contributed by atoms with Gasteiger partial charge in [-0.05, 0) is 46.9 Å². The predicted molar refractivity (Wildman–Crippen MR) is 67.2 cm³/mol. The van der Waals surface area contributed by atoms with Crippen LogP contribution in [-0.4, -0.2) is 24.2 Å². The van der Waals surface area contributed by atoms with Crippen molar-refractivity contribution in [2.24, 2.45) is 0 Å². The maximum atomic E-state index is 5.68. The van der Waals surface area contributed by atoms with E-state index in [2.05, 4.69) is 26.2 Å². The first-order valence-electron chi connectivity index (χ1n) is 5.76. The quantitative estimate of drug-likeness (QED) is 0.863. The van der Waals surface area contributed by atoms with Crippen molar-refractivity contribution in [2.45, 2.75) is 31.9 Å². The largest absolute Gasteiger partial charge is 0.375 e. The SMILES string of the molecule is Brc1ccc(COCC2CCCCN2)cn1. The fourth-order valence-corrected chi connectivity index (χ4v) is 2.11. The van der Waals surface area contributed by atoms with Gasteiger partial charge in [-0.15, -0.1) is 0 Å². The van der Waals surface area contributed by atoms with E-state index in [9.17, 15) is 0 Å². The summed E-state index contributed by atoms with van der Waals surface area (Å²) in [5.41, 5.74) is 1.12. The van der Waals surface area contributed by atoms with Crippen LogP contribution < -0.4 is 5.32 Å². The lowest BCUT2D eigenvalue weighted by molar-refractivity contribution is 0.0910. The molecule has 1 aromatic heterocycles. The van der Waals surface area contributed by atoms with Gasteiger partial charge in [0.2, 0.25) is 0 Å². The molecule has 0 spiro atoms. The highest BCUT2D eigenvalue weighted by molar-refractivity contribution is 9.10. The van der Waals surface area contributed by atoms with Gasteiger partial charge in [-0.25, -0.2) is 4.98 Å². The van der Waals surface area contributed by atoms with Gasteiger partial charge in [-0.1, -0.05) is 12.5 Å². The van der Waals surface area contributed by atoms with Crippen LogP contribution in [0.25, 0.3) is 0 Å². The number of aromatic nitrogens is 1. The molecule has 88 valence electrons. The summed E-state index contributed by atoms with van der Waals surface area (Å²) in [7, 11) is 0. The molecule has 0 aliphatic carbocycles. The van der Waals surface area contributed by atoms with Crippen LogP contribution in [0.5, 0.6) is 0 Å². The molecule has 2 heterocycles. The van der Waals surface area contributed by atoms with Crippen LogP contribution in [0.4, 0.5) is 0 Å². The highest BCUT2D eigenvalue weighted by atomic mass is 79.9. The number of pyridine rings is 1. The Balaban J connectivity index is 1.69. The zero-order valence-corrected chi connectivity index (χ0v) is 10.9. The molecule has 16 heavy (non-hydrogen) atoms. The average Bonchev–Trinajstić information content (AvgIpc) is 2.33. The van der Waals surface area contributed by atoms with Crippen molar-refractivity contribution in [3.8, 4) is 0 Å². The normalized spacial score (nSPS) is 20.9. The Morgan fingerprint density at radius 1 is 1.44 bits per heavy atom. The topological polar surface area (TPSA) is 34.1 Å². The maximum absolute atomic E-state index is 5.68. The van der Waals surface area contributed by atoms with Gasteiger partial charge in [-0.2, -0.15) is 0 Å². The second-order valence-electron chi connectivity index (χ2n) is 4.15. The van der Waals surface area contributed by atoms with E-state index in [1.807, 2.05) is 18.3 Å². The van der Waals surface area contributed by atoms with Crippen LogP contribution >= 0.6 is 15.9 Å². The zero-order chi connectivity index (χ0) is 11.2. The molecule has 1 aromatic rings. The van der Waals surface area contributed by atoms with Crippen molar-refractivity contribution in [2.75, 3.05) is 13.2 Å². The van der Waals surface area contributed by atoms with Crippen molar-refractivity contribution in [3.63, 3.8) is 0 Å². The highest BCUT2D eigenvalue weighted by Crippen LogP contribution is 2.10. The Morgan fingerprint density at radius 3 is 3.06 bits per heavy atom. The van der Waals surface area contributed by atoms with E-state index in [0.717, 1.165) is 23.3 Å². The molecule has 0 saturated carbocycles. The first-order chi connectivity index (χ1) is 7.84. The summed E-state index contributed by atoms with van der Waals surface area (Å²) in [5, 5.41) is 3.47. The van der Waals surface area contributed by atoms with Gasteiger partial charge in [0.25, 0.3) is 0 Å². The second-order valence-corrected chi connectivity index (χ2v) is 4.96. The molecule has 4 heteroatoms. The Labute approximate surface area is 105 Å². The van der Waals surface area contributed by atoms with E-state index in [1.165, 1.54) is 19.3 Å². The van der Waals surface area contributed by atoms with Gasteiger partial charge in [0.05, 0.1) is 13.2 Å². The minimum absolute atomic E-state index is 0.539. The van der Waals surface area contributed by atoms with Gasteiger partial charge < -0.3 is 10.1 Å². The number of hydrogen-bond acceptors (Lipinski definition) is 3. The maximum Gasteiger partial charge on any atom is 0.106 e. The van der Waals surface area contributed by atoms with Gasteiger partial charge in [0.1, 0.15) is 4.60 Å². The van der Waals surface area contributed by atoms with Crippen molar-refractivity contribution in [1.29, 1.82) is 0 Å². The van der Waals surface area contributed by atoms with E-state index < -0.39 is 0 Å². The molecule has 1 aliphatic heterocycles. The smallest absolute Gasteiger partial charge is 0.106 e. The molecule has 0 aromatic carbocycles. The molecular weight excluding hydrogens is 268 g/mol. The molecule has 1 saturated heterocycles. The van der Waals surface area contributed by atoms with Crippen molar-refractivity contribution in [1.82, 2.24) is 10.3 Å². The molecule has 1 fully saturated rings. The summed E-state index contributed by atoms with van der Waals surface area (Å²) in [6, 6.07) is 4.51. The van der Waals surface area contributed by atoms with E-state index in [4.69, 9.17) is 4.74 Å². The number of hydrogen-bond donors (Lipinski definition) is 1. The number of rotatable bonds is 4. The summed E-state index contributed by atoms with van der Waals surface area (Å²) in [5.74, 6) is 0. The van der Waals surface area contributed by atoms with Crippen molar-refractivity contribution in [3.05, 3.63) is 28.5 Å². The minimum Gasteiger partial charge on any atom is -0.375 e. The molecule has 1 aliphatic rings. The molecule has 1 N–H and O–H groups in total. The third kappa shape index (κ3) is 3.85. The number of nitrogens with one attached hydrogen (secondary N) is 1. The van der Waals surface area contributed by atoms with E-state index >= 15 is 0 Å². The fourth-order valence-electron chi connectivity index (χ4n) is 1.88. The minimum atomic E-state index is 0.539. The molecule has 3 nitrogen and oxygen atoms in total. The predicted octanol–water partition coefficient (Wildman–Crippen LogP) is 2.50. The Bertz CT molecular complexity index is 309. The van der Waals surface area contributed by atoms with Gasteiger partial charge in [0, 0.05) is 12.2 Å². The van der Waals surface area contributed by atoms with Crippen LogP contribution in [0, 0.1) is 0 Å². The van der Waals surface area contributed by atoms with Crippen molar-refractivity contribution < 1.29 is 4.74 Å². The first kappa shape index (κ1) is 12.0. The summed E-state index contributed by atoms with van der Waals surface area (Å²) in [4.78, 5) is 4.17. The van der Waals surface area contributed by atoms with E-state index in [1.54, 1.807) is 0 Å². The molecule has 2 rings (SSSR count). The van der Waals surface area contributed by atoms with Crippen molar-refractivity contribution >= 4 is 15.9 Å². The third-order valence-corrected chi connectivity index (χ3v) is 3.26. The van der Waals surface area contributed by atoms with E-state index in [-0.39, 0.29) is 0 Å². The number of halogens is 1. The Hall–Kier alpha value is -0.450. The van der Waals surface area contributed by atoms with E-state index in [0.29, 0.717) is 12.6 Å². The number of ether oxygens (including phenoxy) is 1. The number of nitrogens with zero attached hydrogens (tertiary/aromatic N) is 1. The second kappa shape index (κ2) is 6.33. The Morgan fingerprint density at radius 2 is 2.38 bits per heavy atom.